The fourth-order valence-electron chi connectivity index (χ4n) is 1.96. The number of benzene rings is 1. The molecular weight excluding hydrogens is 272 g/mol. The maximum absolute atomic E-state index is 10.9. The molecule has 0 saturated heterocycles. The van der Waals surface area contributed by atoms with Gasteiger partial charge in [-0.2, -0.15) is 0 Å². The summed E-state index contributed by atoms with van der Waals surface area (Å²) in [5.74, 6) is -0.957. The summed E-state index contributed by atoms with van der Waals surface area (Å²) in [4.78, 5) is 17.3. The van der Waals surface area contributed by atoms with Gasteiger partial charge in [-0.15, -0.1) is 11.3 Å². The summed E-state index contributed by atoms with van der Waals surface area (Å²) in [5.41, 5.74) is 1.96. The van der Waals surface area contributed by atoms with E-state index in [9.17, 15) is 4.79 Å². The van der Waals surface area contributed by atoms with Crippen LogP contribution in [0.1, 0.15) is 35.3 Å². The number of carboxylic acid groups (broad SMARTS) is 1. The number of para-hydroxylation sites is 1. The van der Waals surface area contributed by atoms with Gasteiger partial charge in [-0.3, -0.25) is 0 Å². The highest BCUT2D eigenvalue weighted by atomic mass is 32.1. The molecule has 1 aromatic heterocycles. The highest BCUT2D eigenvalue weighted by Crippen LogP contribution is 2.19. The molecule has 0 unspecified atom stereocenters. The topological polar surface area (TPSA) is 53.4 Å². The monoisotopic (exact) mass is 290 g/mol. The zero-order chi connectivity index (χ0) is 14.4. The number of nitrogens with zero attached hydrogens (tertiary/aromatic N) is 2. The van der Waals surface area contributed by atoms with Crippen LogP contribution in [0.4, 0.5) is 5.69 Å². The second-order valence-corrected chi connectivity index (χ2v) is 5.42. The first-order chi connectivity index (χ1) is 9.70. The first kappa shape index (κ1) is 14.5. The highest BCUT2D eigenvalue weighted by Gasteiger charge is 2.12. The van der Waals surface area contributed by atoms with Crippen molar-refractivity contribution < 1.29 is 9.90 Å². The Morgan fingerprint density at radius 2 is 2.10 bits per heavy atom. The van der Waals surface area contributed by atoms with Crippen LogP contribution >= 0.6 is 11.3 Å². The molecule has 0 saturated carbocycles. The zero-order valence-electron chi connectivity index (χ0n) is 11.5. The van der Waals surface area contributed by atoms with Gasteiger partial charge in [0.1, 0.15) is 0 Å². The second kappa shape index (κ2) is 7.05. The molecule has 0 amide bonds. The first-order valence-electron chi connectivity index (χ1n) is 6.68. The van der Waals surface area contributed by atoms with Crippen LogP contribution in [0.2, 0.25) is 0 Å². The Balaban J connectivity index is 2.12. The molecular formula is C15H18N2O2S. The quantitative estimate of drug-likeness (QED) is 0.845. The summed E-state index contributed by atoms with van der Waals surface area (Å²) in [6.45, 7) is 3.75. The van der Waals surface area contributed by atoms with E-state index in [1.54, 1.807) is 0 Å². The lowest BCUT2D eigenvalue weighted by molar-refractivity contribution is 0.0696. The lowest BCUT2D eigenvalue weighted by Crippen LogP contribution is -2.24. The van der Waals surface area contributed by atoms with E-state index in [0.717, 1.165) is 30.8 Å². The predicted molar refractivity (Wildman–Crippen MR) is 81.5 cm³/mol. The average Bonchev–Trinajstić information content (AvgIpc) is 2.93. The number of aromatic carboxylic acids is 1. The summed E-state index contributed by atoms with van der Waals surface area (Å²) in [5, 5.41) is 10.9. The van der Waals surface area contributed by atoms with Gasteiger partial charge in [0, 0.05) is 17.6 Å². The second-order valence-electron chi connectivity index (χ2n) is 4.56. The predicted octanol–water partition coefficient (Wildman–Crippen LogP) is 3.65. The average molecular weight is 290 g/mol. The summed E-state index contributed by atoms with van der Waals surface area (Å²) < 4.78 is 0. The number of aromatic nitrogens is 1. The van der Waals surface area contributed by atoms with Crippen LogP contribution < -0.4 is 4.90 Å². The van der Waals surface area contributed by atoms with E-state index in [1.165, 1.54) is 11.3 Å². The van der Waals surface area contributed by atoms with E-state index < -0.39 is 5.97 Å². The third-order valence-electron chi connectivity index (χ3n) is 2.99. The Hall–Kier alpha value is -1.88. The van der Waals surface area contributed by atoms with Crippen molar-refractivity contribution in [3.8, 4) is 0 Å². The SMILES string of the molecule is CCCCN(Cc1csc(C(=O)O)n1)c1ccccc1. The lowest BCUT2D eigenvalue weighted by Gasteiger charge is -2.23. The molecule has 4 nitrogen and oxygen atoms in total. The maximum atomic E-state index is 10.9. The maximum Gasteiger partial charge on any atom is 0.365 e. The van der Waals surface area contributed by atoms with Crippen LogP contribution in [0.5, 0.6) is 0 Å². The van der Waals surface area contributed by atoms with Gasteiger partial charge < -0.3 is 10.0 Å². The summed E-state index contributed by atoms with van der Waals surface area (Å²) in [7, 11) is 0. The Labute approximate surface area is 122 Å². The van der Waals surface area contributed by atoms with Gasteiger partial charge >= 0.3 is 5.97 Å². The minimum atomic E-state index is -0.957. The third-order valence-corrected chi connectivity index (χ3v) is 3.87. The number of unbranched alkanes of at least 4 members (excludes halogenated alkanes) is 1. The number of carbonyl (C=O) groups is 1. The molecule has 0 aliphatic carbocycles. The van der Waals surface area contributed by atoms with E-state index in [0.29, 0.717) is 6.54 Å². The van der Waals surface area contributed by atoms with E-state index in [4.69, 9.17) is 5.11 Å². The molecule has 2 rings (SSSR count). The van der Waals surface area contributed by atoms with E-state index >= 15 is 0 Å². The number of rotatable bonds is 7. The number of hydrogen-bond acceptors (Lipinski definition) is 4. The van der Waals surface area contributed by atoms with Crippen molar-refractivity contribution in [1.29, 1.82) is 0 Å². The molecule has 1 heterocycles. The summed E-state index contributed by atoms with van der Waals surface area (Å²) >= 11 is 1.18. The van der Waals surface area contributed by atoms with Gasteiger partial charge in [0.25, 0.3) is 0 Å². The van der Waals surface area contributed by atoms with Crippen LogP contribution in [0.3, 0.4) is 0 Å². The largest absolute Gasteiger partial charge is 0.476 e. The van der Waals surface area contributed by atoms with Crippen LogP contribution in [0.15, 0.2) is 35.7 Å². The molecule has 0 spiro atoms. The minimum absolute atomic E-state index is 0.156. The van der Waals surface area contributed by atoms with Crippen LogP contribution in [-0.4, -0.2) is 22.6 Å². The molecule has 0 aliphatic rings. The van der Waals surface area contributed by atoms with Crippen LogP contribution in [-0.2, 0) is 6.54 Å². The van der Waals surface area contributed by atoms with Crippen molar-refractivity contribution in [3.63, 3.8) is 0 Å². The standard InChI is InChI=1S/C15H18N2O2S/c1-2-3-9-17(13-7-5-4-6-8-13)10-12-11-20-14(16-12)15(18)19/h4-8,11H,2-3,9-10H2,1H3,(H,18,19). The first-order valence-corrected chi connectivity index (χ1v) is 7.56. The Bertz CT molecular complexity index is 554. The molecule has 0 atom stereocenters. The number of carboxylic acids is 1. The molecule has 0 bridgehead atoms. The Morgan fingerprint density at radius 1 is 1.35 bits per heavy atom. The van der Waals surface area contributed by atoms with Gasteiger partial charge in [0.2, 0.25) is 5.01 Å². The Kier molecular flexibility index (Phi) is 5.12. The smallest absolute Gasteiger partial charge is 0.365 e. The van der Waals surface area contributed by atoms with Crippen molar-refractivity contribution in [2.45, 2.75) is 26.3 Å². The van der Waals surface area contributed by atoms with Gasteiger partial charge in [-0.05, 0) is 18.6 Å². The lowest BCUT2D eigenvalue weighted by atomic mass is 10.2. The molecule has 5 heteroatoms. The fraction of sp³-hybridized carbons (Fsp3) is 0.333. The molecule has 0 radical (unpaired) electrons. The molecule has 1 N–H and O–H groups in total. The summed E-state index contributed by atoms with van der Waals surface area (Å²) in [6.07, 6.45) is 2.23. The number of thiazole rings is 1. The van der Waals surface area contributed by atoms with Gasteiger partial charge in [-0.1, -0.05) is 31.5 Å². The van der Waals surface area contributed by atoms with Crippen molar-refractivity contribution in [2.75, 3.05) is 11.4 Å². The number of anilines is 1. The normalized spacial score (nSPS) is 10.4. The van der Waals surface area contributed by atoms with Crippen molar-refractivity contribution >= 4 is 23.0 Å². The highest BCUT2D eigenvalue weighted by molar-refractivity contribution is 7.11. The Morgan fingerprint density at radius 3 is 2.70 bits per heavy atom. The van der Waals surface area contributed by atoms with E-state index in [-0.39, 0.29) is 5.01 Å². The molecule has 106 valence electrons. The number of hydrogen-bond donors (Lipinski definition) is 1. The van der Waals surface area contributed by atoms with Gasteiger partial charge in [-0.25, -0.2) is 9.78 Å². The molecule has 2 aromatic rings. The fourth-order valence-corrected chi connectivity index (χ4v) is 2.61. The van der Waals surface area contributed by atoms with Gasteiger partial charge in [0.15, 0.2) is 0 Å². The minimum Gasteiger partial charge on any atom is -0.476 e. The van der Waals surface area contributed by atoms with E-state index in [1.807, 2.05) is 23.6 Å². The van der Waals surface area contributed by atoms with Crippen molar-refractivity contribution in [2.24, 2.45) is 0 Å². The zero-order valence-corrected chi connectivity index (χ0v) is 12.3. The van der Waals surface area contributed by atoms with Gasteiger partial charge in [0.05, 0.1) is 12.2 Å². The molecule has 1 aromatic carbocycles. The van der Waals surface area contributed by atoms with Crippen LogP contribution in [0.25, 0.3) is 0 Å². The van der Waals surface area contributed by atoms with E-state index in [2.05, 4.69) is 28.9 Å². The summed E-state index contributed by atoms with van der Waals surface area (Å²) in [6, 6.07) is 10.2. The van der Waals surface area contributed by atoms with Crippen molar-refractivity contribution in [3.05, 3.63) is 46.4 Å². The molecule has 0 aliphatic heterocycles. The molecule has 20 heavy (non-hydrogen) atoms. The van der Waals surface area contributed by atoms with Crippen LogP contribution in [0, 0.1) is 0 Å². The third kappa shape index (κ3) is 3.81. The molecule has 0 fully saturated rings. The van der Waals surface area contributed by atoms with Crippen molar-refractivity contribution in [1.82, 2.24) is 4.98 Å².